The number of hydrogen-bond acceptors (Lipinski definition) is 5. The van der Waals surface area contributed by atoms with Gasteiger partial charge >= 0.3 is 0 Å². The van der Waals surface area contributed by atoms with E-state index in [2.05, 4.69) is 4.98 Å². The molecule has 0 N–H and O–H groups in total. The summed E-state index contributed by atoms with van der Waals surface area (Å²) >= 11 is 0. The number of ether oxygens (including phenoxy) is 1. The number of pyridine rings is 1. The summed E-state index contributed by atoms with van der Waals surface area (Å²) < 4.78 is 5.64. The Kier molecular flexibility index (Phi) is 3.62. The Morgan fingerprint density at radius 2 is 2.05 bits per heavy atom. The maximum Gasteiger partial charge on any atom is 0.272 e. The standard InChI is InChI=1S/C14H11N3O3/c1-9-6-13(10(2)5-12(9)17(18)19)20-14-8-16-4-3-11(14)7-15/h3-6,8H,1-2H3. The van der Waals surface area contributed by atoms with Crippen molar-refractivity contribution in [2.45, 2.75) is 13.8 Å². The van der Waals surface area contributed by atoms with Crippen LogP contribution < -0.4 is 4.74 Å². The van der Waals surface area contributed by atoms with Crippen molar-refractivity contribution in [2.24, 2.45) is 0 Å². The largest absolute Gasteiger partial charge is 0.454 e. The predicted molar refractivity (Wildman–Crippen MR) is 71.6 cm³/mol. The maximum absolute atomic E-state index is 10.9. The Morgan fingerprint density at radius 3 is 2.70 bits per heavy atom. The van der Waals surface area contributed by atoms with Crippen molar-refractivity contribution in [1.29, 1.82) is 5.26 Å². The van der Waals surface area contributed by atoms with E-state index < -0.39 is 4.92 Å². The molecule has 1 aromatic heterocycles. The molecule has 2 rings (SSSR count). The lowest BCUT2D eigenvalue weighted by Gasteiger charge is -2.10. The van der Waals surface area contributed by atoms with Crippen molar-refractivity contribution in [3.8, 4) is 17.6 Å². The molecule has 100 valence electrons. The second kappa shape index (κ2) is 5.36. The van der Waals surface area contributed by atoms with Crippen molar-refractivity contribution in [3.63, 3.8) is 0 Å². The minimum absolute atomic E-state index is 0.0431. The summed E-state index contributed by atoms with van der Waals surface area (Å²) in [5.74, 6) is 0.795. The molecule has 0 amide bonds. The fourth-order valence-corrected chi connectivity index (χ4v) is 1.75. The van der Waals surface area contributed by atoms with Gasteiger partial charge in [0.05, 0.1) is 16.7 Å². The third-order valence-corrected chi connectivity index (χ3v) is 2.82. The molecule has 0 saturated carbocycles. The van der Waals surface area contributed by atoms with Crippen LogP contribution in [0, 0.1) is 35.3 Å². The molecule has 0 bridgehead atoms. The lowest BCUT2D eigenvalue weighted by atomic mass is 10.1. The summed E-state index contributed by atoms with van der Waals surface area (Å²) in [4.78, 5) is 14.3. The van der Waals surface area contributed by atoms with Crippen molar-refractivity contribution < 1.29 is 9.66 Å². The van der Waals surface area contributed by atoms with E-state index >= 15 is 0 Å². The van der Waals surface area contributed by atoms with Crippen LogP contribution in [0.5, 0.6) is 11.5 Å². The zero-order valence-corrected chi connectivity index (χ0v) is 11.0. The molecule has 1 heterocycles. The van der Waals surface area contributed by atoms with Gasteiger partial charge in [-0.3, -0.25) is 15.1 Å². The SMILES string of the molecule is Cc1cc([N+](=O)[O-])c(C)cc1Oc1cnccc1C#N. The van der Waals surface area contributed by atoms with Crippen LogP contribution in [0.1, 0.15) is 16.7 Å². The molecule has 0 aliphatic rings. The fourth-order valence-electron chi connectivity index (χ4n) is 1.75. The minimum Gasteiger partial charge on any atom is -0.454 e. The quantitative estimate of drug-likeness (QED) is 0.630. The molecule has 0 fully saturated rings. The van der Waals surface area contributed by atoms with Gasteiger partial charge in [0, 0.05) is 17.8 Å². The van der Waals surface area contributed by atoms with Gasteiger partial charge in [-0.2, -0.15) is 5.26 Å². The van der Waals surface area contributed by atoms with Crippen LogP contribution in [-0.2, 0) is 0 Å². The Labute approximate surface area is 115 Å². The van der Waals surface area contributed by atoms with Crippen molar-refractivity contribution >= 4 is 5.69 Å². The van der Waals surface area contributed by atoms with Crippen molar-refractivity contribution in [2.75, 3.05) is 0 Å². The lowest BCUT2D eigenvalue weighted by Crippen LogP contribution is -1.96. The molecule has 0 spiro atoms. The molecular weight excluding hydrogens is 258 g/mol. The van der Waals surface area contributed by atoms with E-state index in [1.807, 2.05) is 6.07 Å². The fraction of sp³-hybridized carbons (Fsp3) is 0.143. The zero-order chi connectivity index (χ0) is 14.7. The van der Waals surface area contributed by atoms with Gasteiger partial charge in [0.1, 0.15) is 11.8 Å². The highest BCUT2D eigenvalue weighted by molar-refractivity contribution is 5.51. The van der Waals surface area contributed by atoms with E-state index in [1.54, 1.807) is 26.0 Å². The Morgan fingerprint density at radius 1 is 1.30 bits per heavy atom. The summed E-state index contributed by atoms with van der Waals surface area (Å²) in [6, 6.07) is 6.59. The summed E-state index contributed by atoms with van der Waals surface area (Å²) in [6.45, 7) is 3.35. The van der Waals surface area contributed by atoms with E-state index in [1.165, 1.54) is 18.5 Å². The topological polar surface area (TPSA) is 89.1 Å². The molecule has 0 atom stereocenters. The van der Waals surface area contributed by atoms with Crippen molar-refractivity contribution in [3.05, 3.63) is 57.4 Å². The Bertz CT molecular complexity index is 720. The minimum atomic E-state index is -0.434. The number of aryl methyl sites for hydroxylation is 2. The second-order valence-electron chi connectivity index (χ2n) is 4.25. The molecule has 6 heteroatoms. The van der Waals surface area contributed by atoms with Gasteiger partial charge in [0.2, 0.25) is 0 Å². The number of nitro groups is 1. The smallest absolute Gasteiger partial charge is 0.272 e. The van der Waals surface area contributed by atoms with Gasteiger partial charge in [-0.25, -0.2) is 0 Å². The number of nitro benzene ring substituents is 1. The summed E-state index contributed by atoms with van der Waals surface area (Å²) in [5, 5.41) is 19.8. The van der Waals surface area contributed by atoms with Crippen LogP contribution in [0.15, 0.2) is 30.6 Å². The summed E-state index contributed by atoms with van der Waals surface area (Å²) in [5.41, 5.74) is 1.52. The van der Waals surface area contributed by atoms with Crippen LogP contribution >= 0.6 is 0 Å². The molecule has 20 heavy (non-hydrogen) atoms. The number of aromatic nitrogens is 1. The van der Waals surface area contributed by atoms with E-state index in [0.717, 1.165) is 0 Å². The van der Waals surface area contributed by atoms with E-state index in [4.69, 9.17) is 10.00 Å². The Hall–Kier alpha value is -2.94. The first-order valence-corrected chi connectivity index (χ1v) is 5.80. The molecule has 0 aliphatic carbocycles. The van der Waals surface area contributed by atoms with E-state index in [9.17, 15) is 10.1 Å². The van der Waals surface area contributed by atoms with E-state index in [0.29, 0.717) is 28.2 Å². The second-order valence-corrected chi connectivity index (χ2v) is 4.25. The number of nitriles is 1. The normalized spacial score (nSPS) is 9.85. The van der Waals surface area contributed by atoms with Gasteiger partial charge in [0.25, 0.3) is 5.69 Å². The number of benzene rings is 1. The van der Waals surface area contributed by atoms with Gasteiger partial charge in [-0.1, -0.05) is 0 Å². The number of nitrogens with zero attached hydrogens (tertiary/aromatic N) is 3. The third kappa shape index (κ3) is 2.57. The van der Waals surface area contributed by atoms with Gasteiger partial charge in [-0.15, -0.1) is 0 Å². The molecule has 0 radical (unpaired) electrons. The van der Waals surface area contributed by atoms with Gasteiger partial charge in [-0.05, 0) is 31.5 Å². The molecular formula is C14H11N3O3. The average molecular weight is 269 g/mol. The molecule has 0 saturated heterocycles. The molecule has 0 aliphatic heterocycles. The van der Waals surface area contributed by atoms with Crippen LogP contribution in [0.4, 0.5) is 5.69 Å². The third-order valence-electron chi connectivity index (χ3n) is 2.82. The highest BCUT2D eigenvalue weighted by Crippen LogP contribution is 2.31. The number of hydrogen-bond donors (Lipinski definition) is 0. The molecule has 2 aromatic rings. The summed E-state index contributed by atoms with van der Waals surface area (Å²) in [6.07, 6.45) is 2.94. The number of rotatable bonds is 3. The van der Waals surface area contributed by atoms with Crippen LogP contribution in [0.25, 0.3) is 0 Å². The lowest BCUT2D eigenvalue weighted by molar-refractivity contribution is -0.385. The van der Waals surface area contributed by atoms with Gasteiger partial charge in [0.15, 0.2) is 5.75 Å². The molecule has 1 aromatic carbocycles. The first kappa shape index (κ1) is 13.5. The molecule has 0 unspecified atom stereocenters. The zero-order valence-electron chi connectivity index (χ0n) is 11.0. The highest BCUT2D eigenvalue weighted by Gasteiger charge is 2.15. The molecule has 6 nitrogen and oxygen atoms in total. The van der Waals surface area contributed by atoms with E-state index in [-0.39, 0.29) is 5.69 Å². The summed E-state index contributed by atoms with van der Waals surface area (Å²) in [7, 11) is 0. The first-order valence-electron chi connectivity index (χ1n) is 5.80. The van der Waals surface area contributed by atoms with Crippen LogP contribution in [0.2, 0.25) is 0 Å². The maximum atomic E-state index is 10.9. The van der Waals surface area contributed by atoms with Gasteiger partial charge < -0.3 is 4.74 Å². The van der Waals surface area contributed by atoms with Crippen LogP contribution in [0.3, 0.4) is 0 Å². The monoisotopic (exact) mass is 269 g/mol. The first-order chi connectivity index (χ1) is 9.52. The Balaban J connectivity index is 2.43. The van der Waals surface area contributed by atoms with Crippen LogP contribution in [-0.4, -0.2) is 9.91 Å². The highest BCUT2D eigenvalue weighted by atomic mass is 16.6. The van der Waals surface area contributed by atoms with Crippen molar-refractivity contribution in [1.82, 2.24) is 4.98 Å². The predicted octanol–water partition coefficient (Wildman–Crippen LogP) is 3.27. The average Bonchev–Trinajstić information content (AvgIpc) is 2.42.